The Hall–Kier alpha value is -5.76. The molecule has 0 amide bonds. The van der Waals surface area contributed by atoms with E-state index in [2.05, 4.69) is 106 Å². The summed E-state index contributed by atoms with van der Waals surface area (Å²) in [4.78, 5) is 26.5. The largest absolute Gasteiger partial charge is 0.277 e. The van der Waals surface area contributed by atoms with E-state index in [-0.39, 0.29) is 0 Å². The van der Waals surface area contributed by atoms with Gasteiger partial charge in [0, 0.05) is 39.6 Å². The van der Waals surface area contributed by atoms with Gasteiger partial charge >= 0.3 is 0 Å². The number of aliphatic imine (C=N–C) groups is 3. The Morgan fingerprint density at radius 1 is 0.500 bits per heavy atom. The van der Waals surface area contributed by atoms with E-state index in [1.54, 1.807) is 0 Å². The van der Waals surface area contributed by atoms with E-state index >= 15 is 0 Å². The van der Waals surface area contributed by atoms with Crippen molar-refractivity contribution in [3.05, 3.63) is 130 Å². The summed E-state index contributed by atoms with van der Waals surface area (Å²) < 4.78 is 6.83. The molecule has 1 unspecified atom stereocenters. The fraction of sp³-hybridized carbons (Fsp3) is 0.0588. The maximum absolute atomic E-state index is 5.39. The Kier molecular flexibility index (Phi) is 3.38. The third kappa shape index (κ3) is 2.16. The Labute approximate surface area is 238 Å². The van der Waals surface area contributed by atoms with E-state index in [4.69, 9.17) is 25.0 Å². The fourth-order valence-electron chi connectivity index (χ4n) is 7.47. The fourth-order valence-corrected chi connectivity index (χ4v) is 7.47. The van der Waals surface area contributed by atoms with Gasteiger partial charge in [-0.05, 0) is 24.3 Å². The smallest absolute Gasteiger partial charge is 0.240 e. The van der Waals surface area contributed by atoms with Gasteiger partial charge in [-0.3, -0.25) is 0 Å². The minimum Gasteiger partial charge on any atom is -0.240 e. The van der Waals surface area contributed by atoms with Gasteiger partial charge in [0.2, 0.25) is 11.3 Å². The van der Waals surface area contributed by atoms with Crippen LogP contribution in [-0.4, -0.2) is 37.1 Å². The van der Waals surface area contributed by atoms with Crippen LogP contribution >= 0.6 is 0 Å². The lowest BCUT2D eigenvalue weighted by Gasteiger charge is -2.37. The zero-order valence-corrected chi connectivity index (χ0v) is 22.3. The highest BCUT2D eigenvalue weighted by Crippen LogP contribution is 2.48. The molecule has 4 aromatic carbocycles. The minimum absolute atomic E-state index is 0.660. The van der Waals surface area contributed by atoms with Crippen LogP contribution in [0.5, 0.6) is 0 Å². The summed E-state index contributed by atoms with van der Waals surface area (Å²) >= 11 is 0. The molecular formula is C34H19N8+. The van der Waals surface area contributed by atoms with Crippen LogP contribution in [0.1, 0.15) is 29.2 Å². The van der Waals surface area contributed by atoms with E-state index < -0.39 is 5.79 Å². The molecule has 0 radical (unpaired) electrons. The van der Waals surface area contributed by atoms with Crippen LogP contribution in [0.3, 0.4) is 0 Å². The lowest BCUT2D eigenvalue weighted by Crippen LogP contribution is -2.61. The molecule has 7 heterocycles. The number of fused-ring (bicyclic) bond motifs is 13. The molecule has 0 aliphatic carbocycles. The second-order valence-corrected chi connectivity index (χ2v) is 11.3. The second kappa shape index (κ2) is 6.75. The van der Waals surface area contributed by atoms with Gasteiger partial charge in [-0.2, -0.15) is 4.58 Å². The van der Waals surface area contributed by atoms with E-state index in [0.29, 0.717) is 11.7 Å². The lowest BCUT2D eigenvalue weighted by molar-refractivity contribution is -0.549. The first-order valence-corrected chi connectivity index (χ1v) is 14.1. The molecule has 194 valence electrons. The van der Waals surface area contributed by atoms with E-state index in [1.807, 2.05) is 12.1 Å². The summed E-state index contributed by atoms with van der Waals surface area (Å²) in [5.41, 5.74) is 5.77. The third-order valence-electron chi connectivity index (χ3n) is 9.24. The molecule has 42 heavy (non-hydrogen) atoms. The van der Waals surface area contributed by atoms with Crippen molar-refractivity contribution in [2.24, 2.45) is 25.0 Å². The van der Waals surface area contributed by atoms with Gasteiger partial charge in [0.05, 0.1) is 11.1 Å². The quantitative estimate of drug-likeness (QED) is 0.250. The Morgan fingerprint density at radius 2 is 1.02 bits per heavy atom. The minimum atomic E-state index is -0.836. The Balaban J connectivity index is 1.46. The van der Waals surface area contributed by atoms with Crippen LogP contribution in [0.25, 0.3) is 21.5 Å². The summed E-state index contributed by atoms with van der Waals surface area (Å²) in [5.74, 6) is 3.93. The van der Waals surface area contributed by atoms with Gasteiger partial charge in [-0.1, -0.05) is 82.8 Å². The molecule has 0 spiro atoms. The van der Waals surface area contributed by atoms with Crippen molar-refractivity contribution in [3.63, 3.8) is 0 Å². The first kappa shape index (κ1) is 21.0. The maximum atomic E-state index is 5.39. The SMILES string of the molecule is CC12n3c4c5ccccc5c3N=C3c5ccccc5C(=[N+]31)N=c1c3ccccc3c(n12)=NC1=NC(=N4)c2ccccc21. The van der Waals surface area contributed by atoms with Gasteiger partial charge < -0.3 is 0 Å². The van der Waals surface area contributed by atoms with Gasteiger partial charge in [-0.15, -0.1) is 0 Å². The van der Waals surface area contributed by atoms with E-state index in [0.717, 1.165) is 78.1 Å². The second-order valence-electron chi connectivity index (χ2n) is 11.3. The lowest BCUT2D eigenvalue weighted by atomic mass is 10.1. The third-order valence-corrected chi connectivity index (χ3v) is 9.24. The van der Waals surface area contributed by atoms with Crippen LogP contribution in [0.15, 0.2) is 122 Å². The Bertz CT molecular complexity index is 2570. The van der Waals surface area contributed by atoms with Crippen molar-refractivity contribution >= 4 is 56.5 Å². The highest BCUT2D eigenvalue weighted by molar-refractivity contribution is 6.24. The molecule has 2 aromatic heterocycles. The molecule has 11 rings (SSSR count). The summed E-state index contributed by atoms with van der Waals surface area (Å²) in [6.45, 7) is 2.24. The van der Waals surface area contributed by atoms with Crippen LogP contribution in [0.4, 0.5) is 11.6 Å². The molecule has 5 aliphatic heterocycles. The number of aromatic nitrogens is 2. The highest BCUT2D eigenvalue weighted by atomic mass is 15.5. The Morgan fingerprint density at radius 3 is 1.71 bits per heavy atom. The number of benzene rings is 4. The van der Waals surface area contributed by atoms with Crippen molar-refractivity contribution in [3.8, 4) is 0 Å². The predicted molar refractivity (Wildman–Crippen MR) is 161 cm³/mol. The molecule has 8 nitrogen and oxygen atoms in total. The summed E-state index contributed by atoms with van der Waals surface area (Å²) in [6, 6.07) is 33.5. The maximum Gasteiger partial charge on any atom is 0.277 e. The predicted octanol–water partition coefficient (Wildman–Crippen LogP) is 4.74. The van der Waals surface area contributed by atoms with Crippen molar-refractivity contribution in [2.75, 3.05) is 0 Å². The molecule has 2 bridgehead atoms. The standard InChI is InChI=1S/C34H19N8/c1-34-40-28-20-12-4-6-14-22(20)30(40)38-32-24-16-8-9-17-25(24)33(42(32)34)39-31-23-15-7-5-13-21(23)29(41(31)34)37-27-19-11-3-2-10-18(19)26(35-27)36-28/h2-17H,1H3/q+1. The molecule has 0 saturated heterocycles. The topological polar surface area (TPSA) is 74.7 Å². The highest BCUT2D eigenvalue weighted by Gasteiger charge is 2.56. The monoisotopic (exact) mass is 539 g/mol. The van der Waals surface area contributed by atoms with Crippen molar-refractivity contribution < 1.29 is 4.58 Å². The molecule has 8 heteroatoms. The molecule has 6 aromatic rings. The van der Waals surface area contributed by atoms with Crippen LogP contribution in [0, 0.1) is 0 Å². The number of amidine groups is 4. The first-order valence-electron chi connectivity index (χ1n) is 14.1. The molecule has 0 saturated carbocycles. The van der Waals surface area contributed by atoms with Crippen LogP contribution in [0.2, 0.25) is 0 Å². The summed E-state index contributed by atoms with van der Waals surface area (Å²) in [7, 11) is 0. The number of hydrogen-bond donors (Lipinski definition) is 0. The van der Waals surface area contributed by atoms with Gasteiger partial charge in [0.1, 0.15) is 11.3 Å². The number of nitrogens with zero attached hydrogens (tertiary/aromatic N) is 8. The van der Waals surface area contributed by atoms with Crippen molar-refractivity contribution in [1.82, 2.24) is 9.13 Å². The summed E-state index contributed by atoms with van der Waals surface area (Å²) in [5, 5.41) is 4.15. The van der Waals surface area contributed by atoms with E-state index in [9.17, 15) is 0 Å². The number of hydrogen-bond acceptors (Lipinski definition) is 5. The average Bonchev–Trinajstić information content (AvgIpc) is 3.74. The molecular weight excluding hydrogens is 520 g/mol. The molecule has 0 N–H and O–H groups in total. The van der Waals surface area contributed by atoms with Gasteiger partial charge in [0.25, 0.3) is 17.5 Å². The van der Waals surface area contributed by atoms with Crippen molar-refractivity contribution in [2.45, 2.75) is 12.7 Å². The van der Waals surface area contributed by atoms with E-state index in [1.165, 1.54) is 0 Å². The van der Waals surface area contributed by atoms with Crippen molar-refractivity contribution in [1.29, 1.82) is 0 Å². The van der Waals surface area contributed by atoms with Gasteiger partial charge in [-0.25, -0.2) is 24.1 Å². The van der Waals surface area contributed by atoms with Crippen LogP contribution in [-0.2, 0) is 5.79 Å². The molecule has 1 atom stereocenters. The molecule has 0 fully saturated rings. The van der Waals surface area contributed by atoms with Crippen LogP contribution < -0.4 is 11.0 Å². The average molecular weight is 540 g/mol. The number of rotatable bonds is 0. The normalized spacial score (nSPS) is 19.9. The zero-order valence-electron chi connectivity index (χ0n) is 22.3. The molecule has 5 aliphatic rings. The summed E-state index contributed by atoms with van der Waals surface area (Å²) in [6.07, 6.45) is 0. The van der Waals surface area contributed by atoms with Gasteiger partial charge in [0.15, 0.2) is 11.7 Å². The first-order chi connectivity index (χ1) is 20.7. The zero-order chi connectivity index (χ0) is 27.3.